The maximum atomic E-state index is 14.3. The minimum Gasteiger partial charge on any atom is -0.459 e. The van der Waals surface area contributed by atoms with Crippen molar-refractivity contribution in [2.24, 2.45) is 46.3 Å². The topological polar surface area (TPSA) is 46.5 Å². The van der Waals surface area contributed by atoms with E-state index >= 15 is 0 Å². The van der Waals surface area contributed by atoms with Crippen LogP contribution in [0.5, 0.6) is 0 Å². The summed E-state index contributed by atoms with van der Waals surface area (Å²) in [7, 11) is 0. The first-order valence-corrected chi connectivity index (χ1v) is 17.9. The Labute approximate surface area is 308 Å². The van der Waals surface area contributed by atoms with Crippen LogP contribution in [0.15, 0.2) is 0 Å². The van der Waals surface area contributed by atoms with Crippen molar-refractivity contribution < 1.29 is 98.1 Å². The highest BCUT2D eigenvalue weighted by Crippen LogP contribution is 2.69. The molecule has 0 aromatic heterocycles. The fraction of sp³-hybridized carbons (Fsp3) is 0.971. The lowest BCUT2D eigenvalue weighted by Crippen LogP contribution is -2.76. The minimum atomic E-state index is -9.00. The van der Waals surface area contributed by atoms with E-state index in [-0.39, 0.29) is 41.1 Å². The number of aliphatic hydroxyl groups is 1. The monoisotopic (exact) mass is 858 g/mol. The first-order valence-electron chi connectivity index (χ1n) is 17.9. The van der Waals surface area contributed by atoms with Crippen molar-refractivity contribution in [3.63, 3.8) is 0 Å². The third-order valence-corrected chi connectivity index (χ3v) is 13.8. The van der Waals surface area contributed by atoms with Crippen LogP contribution in [0.1, 0.15) is 91.4 Å². The number of aliphatic hydroxyl groups excluding tert-OH is 1. The van der Waals surface area contributed by atoms with Crippen molar-refractivity contribution in [3.8, 4) is 0 Å². The standard InChI is InChI=1S/C34H41F19O3/c1-16(20-7-8-21-19-6-5-17-14-18(54)10-12-24(17,2)22(19)11-13-25(20,21)3)4-9-23(55)56-15-26(35,36)27(37,38)28(39,40)29(41,42)30(43,44)31(45,46)32(47,48)33(49,50)34(51,52)53/h16-22,54H,4-15H2,1-3H3/t16-,17-,18-,19+,20-,21+,22+,24+,25-/m1/s1. The Balaban J connectivity index is 1.41. The molecule has 0 aliphatic heterocycles. The van der Waals surface area contributed by atoms with Crippen LogP contribution in [-0.4, -0.2) is 77.3 Å². The second kappa shape index (κ2) is 14.1. The number of hydrogen-bond acceptors (Lipinski definition) is 3. The first kappa shape index (κ1) is 46.8. The molecule has 9 atom stereocenters. The molecule has 4 aliphatic carbocycles. The van der Waals surface area contributed by atoms with Gasteiger partial charge in [0.1, 0.15) is 0 Å². The third kappa shape index (κ3) is 6.64. The van der Waals surface area contributed by atoms with E-state index in [1.165, 1.54) is 0 Å². The van der Waals surface area contributed by atoms with E-state index in [1.54, 1.807) is 6.92 Å². The highest BCUT2D eigenvalue weighted by atomic mass is 19.4. The lowest BCUT2D eigenvalue weighted by molar-refractivity contribution is -0.469. The molecule has 22 heteroatoms. The molecule has 0 amide bonds. The molecule has 0 saturated heterocycles. The van der Waals surface area contributed by atoms with Gasteiger partial charge < -0.3 is 9.84 Å². The van der Waals surface area contributed by atoms with E-state index in [0.29, 0.717) is 30.6 Å². The van der Waals surface area contributed by atoms with Crippen LogP contribution < -0.4 is 0 Å². The van der Waals surface area contributed by atoms with E-state index in [4.69, 9.17) is 0 Å². The van der Waals surface area contributed by atoms with E-state index in [0.717, 1.165) is 44.9 Å². The molecular formula is C34H41F19O3. The number of carbonyl (C=O) groups is 1. The first-order chi connectivity index (χ1) is 24.9. The summed E-state index contributed by atoms with van der Waals surface area (Å²) in [6, 6.07) is 0. The lowest BCUT2D eigenvalue weighted by Gasteiger charge is -2.61. The SMILES string of the molecule is C[C@H](CCC(=O)OCC(F)(F)C(F)(F)C(F)(F)C(F)(F)C(F)(F)C(F)(F)C(F)(F)C(F)(F)C(F)(F)F)[C@H]1CC[C@H]2[C@@H]3CC[C@@H]4C[C@H](O)CC[C@]4(C)[C@H]3CC[C@]12C. The van der Waals surface area contributed by atoms with Crippen molar-refractivity contribution in [2.75, 3.05) is 6.61 Å². The van der Waals surface area contributed by atoms with Crippen LogP contribution in [0.3, 0.4) is 0 Å². The molecule has 4 saturated carbocycles. The van der Waals surface area contributed by atoms with Gasteiger partial charge in [-0.2, -0.15) is 83.4 Å². The second-order valence-corrected chi connectivity index (χ2v) is 16.7. The molecule has 0 aromatic carbocycles. The number of hydrogen-bond donors (Lipinski definition) is 1. The zero-order valence-corrected chi connectivity index (χ0v) is 30.0. The summed E-state index contributed by atoms with van der Waals surface area (Å²) >= 11 is 0. The molecular weight excluding hydrogens is 817 g/mol. The molecule has 3 nitrogen and oxygen atoms in total. The van der Waals surface area contributed by atoms with Gasteiger partial charge >= 0.3 is 59.5 Å². The highest BCUT2D eigenvalue weighted by molar-refractivity contribution is 5.69. The second-order valence-electron chi connectivity index (χ2n) is 16.7. The Morgan fingerprint density at radius 2 is 1.09 bits per heavy atom. The fourth-order valence-corrected chi connectivity index (χ4v) is 10.5. The summed E-state index contributed by atoms with van der Waals surface area (Å²) in [6.45, 7) is 2.78. The van der Waals surface area contributed by atoms with Gasteiger partial charge in [-0.3, -0.25) is 4.79 Å². The van der Waals surface area contributed by atoms with Gasteiger partial charge in [0.2, 0.25) is 0 Å². The van der Waals surface area contributed by atoms with Gasteiger partial charge in [0.25, 0.3) is 0 Å². The third-order valence-electron chi connectivity index (χ3n) is 13.8. The van der Waals surface area contributed by atoms with E-state index in [9.17, 15) is 93.3 Å². The fourth-order valence-electron chi connectivity index (χ4n) is 10.5. The minimum absolute atomic E-state index is 0.0464. The van der Waals surface area contributed by atoms with Crippen molar-refractivity contribution in [1.29, 1.82) is 0 Å². The average molecular weight is 859 g/mol. The molecule has 0 aromatic rings. The molecule has 4 fully saturated rings. The predicted octanol–water partition coefficient (Wildman–Crippen LogP) is 11.6. The van der Waals surface area contributed by atoms with Gasteiger partial charge in [0.15, 0.2) is 6.61 Å². The Kier molecular flexibility index (Phi) is 11.8. The quantitative estimate of drug-likeness (QED) is 0.148. The number of rotatable bonds is 13. The smallest absolute Gasteiger partial charge is 0.459 e. The summed E-state index contributed by atoms with van der Waals surface area (Å²) < 4.78 is 262. The number of alkyl halides is 19. The van der Waals surface area contributed by atoms with Gasteiger partial charge in [-0.1, -0.05) is 20.8 Å². The Morgan fingerprint density at radius 1 is 0.625 bits per heavy atom. The summed E-state index contributed by atoms with van der Waals surface area (Å²) in [5, 5.41) is 10.2. The van der Waals surface area contributed by atoms with Crippen LogP contribution in [0.2, 0.25) is 0 Å². The Hall–Kier alpha value is -1.90. The summed E-state index contributed by atoms with van der Waals surface area (Å²) in [6.07, 6.45) is -1.83. The van der Waals surface area contributed by atoms with E-state index in [2.05, 4.69) is 18.6 Å². The molecule has 0 radical (unpaired) electrons. The van der Waals surface area contributed by atoms with E-state index in [1.807, 2.05) is 0 Å². The number of ether oxygens (including phenoxy) is 1. The largest absolute Gasteiger partial charge is 0.460 e. The Bertz CT molecular complexity index is 1450. The van der Waals surface area contributed by atoms with Crippen LogP contribution >= 0.6 is 0 Å². The molecule has 0 unspecified atom stereocenters. The zero-order chi connectivity index (χ0) is 43.3. The van der Waals surface area contributed by atoms with Gasteiger partial charge in [0.05, 0.1) is 6.10 Å². The van der Waals surface area contributed by atoms with Crippen LogP contribution in [0.25, 0.3) is 0 Å². The molecule has 0 spiro atoms. The molecule has 4 rings (SSSR count). The van der Waals surface area contributed by atoms with E-state index < -0.39 is 72.6 Å². The summed E-state index contributed by atoms with van der Waals surface area (Å²) in [5.74, 6) is -68.3. The van der Waals surface area contributed by atoms with Crippen molar-refractivity contribution in [3.05, 3.63) is 0 Å². The van der Waals surface area contributed by atoms with Crippen LogP contribution in [0, 0.1) is 46.3 Å². The summed E-state index contributed by atoms with van der Waals surface area (Å²) in [5.41, 5.74) is -0.177. The predicted molar refractivity (Wildman–Crippen MR) is 156 cm³/mol. The molecule has 328 valence electrons. The molecule has 56 heavy (non-hydrogen) atoms. The van der Waals surface area contributed by atoms with Gasteiger partial charge in [-0.15, -0.1) is 0 Å². The van der Waals surface area contributed by atoms with Gasteiger partial charge in [-0.25, -0.2) is 0 Å². The molecule has 0 bridgehead atoms. The molecule has 0 heterocycles. The number of carbonyl (C=O) groups excluding carboxylic acids is 1. The maximum Gasteiger partial charge on any atom is 0.460 e. The maximum absolute atomic E-state index is 14.3. The number of esters is 1. The van der Waals surface area contributed by atoms with Crippen molar-refractivity contribution >= 4 is 5.97 Å². The average Bonchev–Trinajstić information content (AvgIpc) is 3.42. The normalized spacial score (nSPS) is 33.3. The lowest BCUT2D eigenvalue weighted by atomic mass is 9.44. The summed E-state index contributed by atoms with van der Waals surface area (Å²) in [4.78, 5) is 12.3. The van der Waals surface area contributed by atoms with Crippen LogP contribution in [0.4, 0.5) is 83.4 Å². The Morgan fingerprint density at radius 3 is 1.61 bits per heavy atom. The number of fused-ring (bicyclic) bond motifs is 5. The van der Waals surface area contributed by atoms with Crippen molar-refractivity contribution in [2.45, 2.75) is 151 Å². The van der Waals surface area contributed by atoms with Gasteiger partial charge in [-0.05, 0) is 111 Å². The zero-order valence-electron chi connectivity index (χ0n) is 30.0. The van der Waals surface area contributed by atoms with Crippen molar-refractivity contribution in [1.82, 2.24) is 0 Å². The van der Waals surface area contributed by atoms with Gasteiger partial charge in [0, 0.05) is 6.42 Å². The molecule has 4 aliphatic rings. The van der Waals surface area contributed by atoms with Crippen LogP contribution in [-0.2, 0) is 9.53 Å². The number of halogens is 19. The molecule has 1 N–H and O–H groups in total. The highest BCUT2D eigenvalue weighted by Gasteiger charge is 2.96.